The Morgan fingerprint density at radius 1 is 0.729 bits per heavy atom. The molecule has 8 aromatic rings. The summed E-state index contributed by atoms with van der Waals surface area (Å²) in [6, 6.07) is 25.1. The van der Waals surface area contributed by atoms with Gasteiger partial charge in [-0.05, 0) is 124 Å². The number of aromatic nitrogens is 3. The lowest BCUT2D eigenvalue weighted by Crippen LogP contribution is -2.78. The highest BCUT2D eigenvalue weighted by atomic mass is 16.5. The Morgan fingerprint density at radius 3 is 2.12 bits per heavy atom. The van der Waals surface area contributed by atoms with Gasteiger partial charge in [0, 0.05) is 26.0 Å². The predicted octanol–water partition coefficient (Wildman–Crippen LogP) is 12.9. The highest BCUT2D eigenvalue weighted by Gasteiger charge is 2.68. The number of ether oxygens (including phenoxy) is 1. The molecule has 1 atom stereocenters. The van der Waals surface area contributed by atoms with Crippen LogP contribution in [-0.4, -0.2) is 4.57 Å². The molecule has 0 aliphatic carbocycles. The molecule has 1 spiro atoms. The Labute approximate surface area is 362 Å². The van der Waals surface area contributed by atoms with E-state index in [1.165, 1.54) is 0 Å². The first kappa shape index (κ1) is 26.7. The number of pyridine rings is 1. The third-order valence-corrected chi connectivity index (χ3v) is 12.4. The summed E-state index contributed by atoms with van der Waals surface area (Å²) in [5.74, 6) is -2.31. The lowest BCUT2D eigenvalue weighted by Gasteiger charge is -2.33. The van der Waals surface area contributed by atoms with Crippen molar-refractivity contribution in [3.8, 4) is 67.5 Å². The molecule has 0 radical (unpaired) electrons. The second-order valence-corrected chi connectivity index (χ2v) is 17.7. The van der Waals surface area contributed by atoms with E-state index in [1.54, 1.807) is 4.57 Å². The molecular formula is C55H51N3O+2. The molecule has 0 saturated heterocycles. The van der Waals surface area contributed by atoms with Gasteiger partial charge in [0.05, 0.1) is 15.2 Å². The van der Waals surface area contributed by atoms with Crippen LogP contribution in [0.15, 0.2) is 133 Å². The number of aryl methyl sites for hydroxylation is 2. The van der Waals surface area contributed by atoms with Crippen LogP contribution in [0.5, 0.6) is 5.75 Å². The van der Waals surface area contributed by atoms with Gasteiger partial charge >= 0.3 is 11.7 Å². The van der Waals surface area contributed by atoms with Gasteiger partial charge in [0.1, 0.15) is 18.2 Å². The van der Waals surface area contributed by atoms with Crippen molar-refractivity contribution in [2.75, 3.05) is 0 Å². The van der Waals surface area contributed by atoms with Crippen LogP contribution in [0.25, 0.3) is 72.7 Å². The number of nitrogens with zero attached hydrogens (tertiary/aromatic N) is 3. The van der Waals surface area contributed by atoms with Crippen LogP contribution in [0.1, 0.15) is 107 Å². The summed E-state index contributed by atoms with van der Waals surface area (Å²) in [6.45, 7) is 17.8. The van der Waals surface area contributed by atoms with E-state index < -0.39 is 59.3 Å². The fourth-order valence-electron chi connectivity index (χ4n) is 9.73. The van der Waals surface area contributed by atoms with Gasteiger partial charge in [-0.3, -0.25) is 0 Å². The molecule has 0 bridgehead atoms. The Hall–Kier alpha value is -6.26. The molecule has 6 aromatic carbocycles. The second kappa shape index (κ2) is 12.4. The van der Waals surface area contributed by atoms with Gasteiger partial charge in [-0.25, -0.2) is 0 Å². The number of hydrogen-bond acceptors (Lipinski definition) is 1. The minimum atomic E-state index is -1.72. The van der Waals surface area contributed by atoms with Gasteiger partial charge in [-0.2, -0.15) is 4.57 Å². The molecule has 11 rings (SSSR count). The number of imidazole rings is 1. The molecule has 5 heterocycles. The lowest BCUT2D eigenvalue weighted by molar-refractivity contribution is -0.997. The standard InChI is InChI=1S/C55H51N3O/c1-32(2)41-17-13-18-42(33(3)4)49(41)37-21-23-40(24-22-37)57-47-20-14-19-43-44-30-39(54(7,8)9)31-45-48-29-38(36-15-11-10-12-16-36)25-26-56(48)55(50(44)45)58(51(43)47)53(57)46-28-34(5)27-35(6)52(46)59-55/h10-33H,1-9H3/q+2/i10D,11D,12D,15D,16D,25D,26D,29D,32D,33D. The molecule has 0 amide bonds. The van der Waals surface area contributed by atoms with E-state index in [-0.39, 0.29) is 29.0 Å². The maximum atomic E-state index is 10.1. The first-order valence-electron chi connectivity index (χ1n) is 25.3. The van der Waals surface area contributed by atoms with E-state index in [9.17, 15) is 4.11 Å². The van der Waals surface area contributed by atoms with Gasteiger partial charge in [0.2, 0.25) is 5.69 Å². The van der Waals surface area contributed by atoms with E-state index in [4.69, 9.17) is 14.3 Å². The summed E-state index contributed by atoms with van der Waals surface area (Å²) in [7, 11) is 0. The number of hydrogen-bond donors (Lipinski definition) is 0. The quantitative estimate of drug-likeness (QED) is 0.159. The van der Waals surface area contributed by atoms with Crippen molar-refractivity contribution >= 4 is 11.0 Å². The second-order valence-electron chi connectivity index (χ2n) is 17.7. The monoisotopic (exact) mass is 779 g/mol. The minimum absolute atomic E-state index is 0.228. The van der Waals surface area contributed by atoms with Crippen LogP contribution in [0.3, 0.4) is 0 Å². The van der Waals surface area contributed by atoms with Crippen LogP contribution < -0.4 is 13.9 Å². The van der Waals surface area contributed by atoms with E-state index in [2.05, 4.69) is 84.5 Å². The summed E-state index contributed by atoms with van der Waals surface area (Å²) in [6.07, 6.45) is -0.359. The van der Waals surface area contributed by atoms with Crippen molar-refractivity contribution in [2.24, 2.45) is 0 Å². The van der Waals surface area contributed by atoms with E-state index in [1.807, 2.05) is 71.9 Å². The van der Waals surface area contributed by atoms with Gasteiger partial charge in [-0.15, -0.1) is 9.13 Å². The van der Waals surface area contributed by atoms with Crippen molar-refractivity contribution in [2.45, 2.75) is 85.4 Å². The molecule has 290 valence electrons. The Balaban J connectivity index is 1.29. The van der Waals surface area contributed by atoms with E-state index in [0.29, 0.717) is 16.9 Å². The zero-order chi connectivity index (χ0) is 49.5. The van der Waals surface area contributed by atoms with E-state index in [0.717, 1.165) is 78.2 Å². The van der Waals surface area contributed by atoms with E-state index >= 15 is 0 Å². The van der Waals surface area contributed by atoms with Gasteiger partial charge in [-0.1, -0.05) is 121 Å². The normalized spacial score (nSPS) is 18.5. The van der Waals surface area contributed by atoms with Crippen LogP contribution in [-0.2, 0) is 11.3 Å². The average molecular weight is 780 g/mol. The molecule has 0 N–H and O–H groups in total. The number of rotatable bonds is 5. The Kier molecular flexibility index (Phi) is 5.60. The smallest absolute Gasteiger partial charge is 0.392 e. The Bertz CT molecular complexity index is 3590. The van der Waals surface area contributed by atoms with Crippen LogP contribution in [0, 0.1) is 13.8 Å². The zero-order valence-electron chi connectivity index (χ0n) is 44.8. The number of fused-ring (bicyclic) bond motifs is 5. The topological polar surface area (TPSA) is 21.9 Å². The predicted molar refractivity (Wildman–Crippen MR) is 240 cm³/mol. The minimum Gasteiger partial charge on any atom is -0.392 e. The molecule has 0 saturated carbocycles. The lowest BCUT2D eigenvalue weighted by atomic mass is 9.80. The van der Waals surface area contributed by atoms with Gasteiger partial charge in [0.15, 0.2) is 23.0 Å². The van der Waals surface area contributed by atoms with Crippen molar-refractivity contribution in [1.82, 2.24) is 4.57 Å². The fourth-order valence-corrected chi connectivity index (χ4v) is 9.73. The van der Waals surface area contributed by atoms with Crippen molar-refractivity contribution < 1.29 is 27.6 Å². The summed E-state index contributed by atoms with van der Waals surface area (Å²) < 4.78 is 105. The molecule has 3 aliphatic rings. The molecular weight excluding hydrogens is 719 g/mol. The third kappa shape index (κ3) is 4.89. The molecule has 4 nitrogen and oxygen atoms in total. The SMILES string of the molecule is [2H]c1c([2H])c([2H])c(-c2c([2H])c([2H])[n+]3c(c2[2H])-c2cc(C(C)(C)C)cc4c2C32Oc3c(C)cc(C)cc3-c3n(-c5ccc(-c6c(C([2H])(C)C)cccc6C([2H])(C)C)cc5)c5cccc-4c5[n+]32)c([2H])c1[2H]. The molecule has 3 aliphatic heterocycles. The summed E-state index contributed by atoms with van der Waals surface area (Å²) in [5, 5.41) is 0. The summed E-state index contributed by atoms with van der Waals surface area (Å²) in [5.41, 5.74) is 11.7. The fraction of sp³-hybridized carbons (Fsp3) is 0.236. The van der Waals surface area contributed by atoms with Crippen LogP contribution in [0.2, 0.25) is 0 Å². The maximum Gasteiger partial charge on any atom is 0.499 e. The third-order valence-electron chi connectivity index (χ3n) is 12.4. The highest BCUT2D eigenvalue weighted by molar-refractivity contribution is 5.98. The highest BCUT2D eigenvalue weighted by Crippen LogP contribution is 2.55. The molecule has 1 unspecified atom stereocenters. The van der Waals surface area contributed by atoms with Crippen molar-refractivity contribution in [1.29, 1.82) is 0 Å². The summed E-state index contributed by atoms with van der Waals surface area (Å²) in [4.78, 5) is 0. The number of benzene rings is 6. The Morgan fingerprint density at radius 2 is 1.42 bits per heavy atom. The van der Waals surface area contributed by atoms with Gasteiger partial charge < -0.3 is 4.74 Å². The van der Waals surface area contributed by atoms with Crippen molar-refractivity contribution in [3.63, 3.8) is 0 Å². The molecule has 4 heteroatoms. The number of para-hydroxylation sites is 1. The van der Waals surface area contributed by atoms with Crippen LogP contribution >= 0.6 is 0 Å². The van der Waals surface area contributed by atoms with Gasteiger partial charge in [0.25, 0.3) is 0 Å². The van der Waals surface area contributed by atoms with Crippen molar-refractivity contribution in [3.05, 3.63) is 167 Å². The molecule has 59 heavy (non-hydrogen) atoms. The first-order valence-corrected chi connectivity index (χ1v) is 20.3. The average Bonchev–Trinajstić information content (AvgIpc) is 3.79. The zero-order valence-corrected chi connectivity index (χ0v) is 34.8. The summed E-state index contributed by atoms with van der Waals surface area (Å²) >= 11 is 0. The van der Waals surface area contributed by atoms with Crippen LogP contribution in [0.4, 0.5) is 0 Å². The maximum absolute atomic E-state index is 10.1. The molecule has 0 fully saturated rings. The largest absolute Gasteiger partial charge is 0.499 e. The molecule has 2 aromatic heterocycles. The first-order chi connectivity index (χ1) is 32.3.